The van der Waals surface area contributed by atoms with Gasteiger partial charge in [0.1, 0.15) is 0 Å². The van der Waals surface area contributed by atoms with Crippen LogP contribution in [0.15, 0.2) is 35.3 Å². The zero-order valence-corrected chi connectivity index (χ0v) is 9.53. The van der Waals surface area contributed by atoms with Crippen molar-refractivity contribution in [3.05, 3.63) is 46.4 Å². The highest BCUT2D eigenvalue weighted by Crippen LogP contribution is 2.16. The average Bonchev–Trinajstić information content (AvgIpc) is 2.34. The second-order valence-corrected chi connectivity index (χ2v) is 3.89. The zero-order valence-electron chi connectivity index (χ0n) is 9.53. The molecule has 0 aliphatic rings. The van der Waals surface area contributed by atoms with E-state index in [-0.39, 0.29) is 12.0 Å². The molecule has 0 saturated carbocycles. The fourth-order valence-corrected chi connectivity index (χ4v) is 1.87. The first-order valence-corrected chi connectivity index (χ1v) is 5.30. The van der Waals surface area contributed by atoms with Crippen LogP contribution in [-0.4, -0.2) is 16.5 Å². The number of pyridine rings is 1. The lowest BCUT2D eigenvalue weighted by Gasteiger charge is -2.08. The average molecular weight is 227 g/mol. The molecule has 0 saturated heterocycles. The van der Waals surface area contributed by atoms with E-state index in [1.807, 2.05) is 18.2 Å². The largest absolute Gasteiger partial charge is 0.317 e. The topological polar surface area (TPSA) is 69.7 Å². The Bertz CT molecular complexity index is 655. The van der Waals surface area contributed by atoms with Crippen LogP contribution in [-0.2, 0) is 7.05 Å². The first-order chi connectivity index (χ1) is 8.15. The van der Waals surface area contributed by atoms with Crippen LogP contribution in [0.2, 0.25) is 0 Å². The summed E-state index contributed by atoms with van der Waals surface area (Å²) in [5.41, 5.74) is 1.00. The molecule has 0 spiro atoms. The molecule has 0 fully saturated rings. The van der Waals surface area contributed by atoms with Crippen LogP contribution in [0.3, 0.4) is 0 Å². The van der Waals surface area contributed by atoms with Gasteiger partial charge in [0.25, 0.3) is 5.56 Å². The van der Waals surface area contributed by atoms with Gasteiger partial charge in [0, 0.05) is 42.5 Å². The normalized spacial score (nSPS) is 10.4. The molecule has 0 unspecified atom stereocenters. The van der Waals surface area contributed by atoms with Crippen molar-refractivity contribution >= 4 is 22.7 Å². The molecule has 86 valence electrons. The van der Waals surface area contributed by atoms with E-state index < -0.39 is 0 Å². The van der Waals surface area contributed by atoms with E-state index in [1.165, 1.54) is 10.8 Å². The Balaban J connectivity index is 2.80. The third-order valence-electron chi connectivity index (χ3n) is 2.72. The van der Waals surface area contributed by atoms with Gasteiger partial charge < -0.3 is 15.4 Å². The molecule has 4 nitrogen and oxygen atoms in total. The molecule has 2 aromatic rings. The van der Waals surface area contributed by atoms with E-state index >= 15 is 0 Å². The Morgan fingerprint density at radius 3 is 2.65 bits per heavy atom. The fourth-order valence-electron chi connectivity index (χ4n) is 1.87. The van der Waals surface area contributed by atoms with Gasteiger partial charge in [0.2, 0.25) is 0 Å². The van der Waals surface area contributed by atoms with E-state index in [0.717, 1.165) is 5.39 Å². The van der Waals surface area contributed by atoms with E-state index in [1.54, 1.807) is 19.3 Å². The van der Waals surface area contributed by atoms with Crippen molar-refractivity contribution in [3.63, 3.8) is 0 Å². The standard InChI is InChI=1S/C13H13N3O/c1-16-8-11(12(15)6-7-14)9-4-2-3-5-10(9)13(16)17/h2-5,7-8,14-15H,6H2,1H3. The number of benzene rings is 1. The van der Waals surface area contributed by atoms with Crippen LogP contribution in [0.4, 0.5) is 0 Å². The number of aryl methyl sites for hydroxylation is 1. The van der Waals surface area contributed by atoms with Gasteiger partial charge >= 0.3 is 0 Å². The van der Waals surface area contributed by atoms with Gasteiger partial charge in [-0.1, -0.05) is 18.2 Å². The third-order valence-corrected chi connectivity index (χ3v) is 2.72. The monoisotopic (exact) mass is 227 g/mol. The summed E-state index contributed by atoms with van der Waals surface area (Å²) in [6.45, 7) is 0. The molecule has 0 aliphatic heterocycles. The Morgan fingerprint density at radius 2 is 2.00 bits per heavy atom. The minimum Gasteiger partial charge on any atom is -0.317 e. The predicted molar refractivity (Wildman–Crippen MR) is 69.4 cm³/mol. The highest BCUT2D eigenvalue weighted by atomic mass is 16.1. The summed E-state index contributed by atoms with van der Waals surface area (Å²) in [5.74, 6) is 0. The third kappa shape index (κ3) is 1.89. The van der Waals surface area contributed by atoms with Crippen LogP contribution < -0.4 is 5.56 Å². The van der Waals surface area contributed by atoms with Crippen LogP contribution in [0.25, 0.3) is 10.8 Å². The van der Waals surface area contributed by atoms with Gasteiger partial charge in [-0.05, 0) is 11.5 Å². The summed E-state index contributed by atoms with van der Waals surface area (Å²) < 4.78 is 1.48. The van der Waals surface area contributed by atoms with E-state index in [0.29, 0.717) is 16.7 Å². The van der Waals surface area contributed by atoms with Gasteiger partial charge in [-0.2, -0.15) is 0 Å². The SMILES string of the molecule is Cn1cc(C(=N)CC=N)c2ccccc2c1=O. The molecule has 0 atom stereocenters. The summed E-state index contributed by atoms with van der Waals surface area (Å²) in [6, 6.07) is 7.26. The van der Waals surface area contributed by atoms with E-state index in [2.05, 4.69) is 0 Å². The summed E-state index contributed by atoms with van der Waals surface area (Å²) in [7, 11) is 1.68. The lowest BCUT2D eigenvalue weighted by atomic mass is 10.0. The van der Waals surface area contributed by atoms with Gasteiger partial charge in [-0.3, -0.25) is 4.79 Å². The zero-order chi connectivity index (χ0) is 12.4. The molecule has 4 heteroatoms. The Kier molecular flexibility index (Phi) is 2.87. The van der Waals surface area contributed by atoms with Gasteiger partial charge in [-0.15, -0.1) is 0 Å². The molecule has 2 rings (SSSR count). The minimum absolute atomic E-state index is 0.0630. The van der Waals surface area contributed by atoms with E-state index in [4.69, 9.17) is 10.8 Å². The second kappa shape index (κ2) is 4.33. The van der Waals surface area contributed by atoms with Crippen molar-refractivity contribution in [1.82, 2.24) is 4.57 Å². The van der Waals surface area contributed by atoms with E-state index in [9.17, 15) is 4.79 Å². The summed E-state index contributed by atoms with van der Waals surface area (Å²) in [4.78, 5) is 11.9. The molecule has 0 bridgehead atoms. The minimum atomic E-state index is -0.0630. The van der Waals surface area contributed by atoms with Gasteiger partial charge in [0.05, 0.1) is 0 Å². The molecule has 0 aliphatic carbocycles. The maximum Gasteiger partial charge on any atom is 0.258 e. The number of nitrogens with one attached hydrogen (secondary N) is 2. The lowest BCUT2D eigenvalue weighted by Crippen LogP contribution is -2.19. The van der Waals surface area contributed by atoms with Crippen molar-refractivity contribution in [2.24, 2.45) is 7.05 Å². The van der Waals surface area contributed by atoms with Gasteiger partial charge in [0.15, 0.2) is 0 Å². The Labute approximate surface area is 98.5 Å². The highest BCUT2D eigenvalue weighted by molar-refractivity contribution is 6.12. The molecule has 1 aromatic carbocycles. The fraction of sp³-hybridized carbons (Fsp3) is 0.154. The molecule has 17 heavy (non-hydrogen) atoms. The van der Waals surface area contributed by atoms with Crippen LogP contribution in [0.5, 0.6) is 0 Å². The first kappa shape index (κ1) is 11.3. The number of hydrogen-bond acceptors (Lipinski definition) is 3. The quantitative estimate of drug-likeness (QED) is 0.773. The summed E-state index contributed by atoms with van der Waals surface area (Å²) >= 11 is 0. The Hall–Kier alpha value is -2.23. The summed E-state index contributed by atoms with van der Waals surface area (Å²) in [6.07, 6.45) is 3.14. The van der Waals surface area contributed by atoms with Crippen molar-refractivity contribution in [2.45, 2.75) is 6.42 Å². The number of nitrogens with zero attached hydrogens (tertiary/aromatic N) is 1. The molecular formula is C13H13N3O. The number of rotatable bonds is 3. The van der Waals surface area contributed by atoms with Crippen LogP contribution >= 0.6 is 0 Å². The predicted octanol–water partition coefficient (Wildman–Crippen LogP) is 1.95. The molecule has 1 heterocycles. The van der Waals surface area contributed by atoms with Gasteiger partial charge in [-0.25, -0.2) is 0 Å². The van der Waals surface area contributed by atoms with Crippen molar-refractivity contribution in [1.29, 1.82) is 10.8 Å². The van der Waals surface area contributed by atoms with Crippen molar-refractivity contribution in [3.8, 4) is 0 Å². The summed E-state index contributed by atoms with van der Waals surface area (Å²) in [5, 5.41) is 16.4. The number of fused-ring (bicyclic) bond motifs is 1. The maximum atomic E-state index is 11.9. The number of aromatic nitrogens is 1. The van der Waals surface area contributed by atoms with Crippen molar-refractivity contribution in [2.75, 3.05) is 0 Å². The number of hydrogen-bond donors (Lipinski definition) is 2. The maximum absolute atomic E-state index is 11.9. The molecule has 2 N–H and O–H groups in total. The first-order valence-electron chi connectivity index (χ1n) is 5.30. The Morgan fingerprint density at radius 1 is 1.35 bits per heavy atom. The molecule has 1 aromatic heterocycles. The molecular weight excluding hydrogens is 214 g/mol. The van der Waals surface area contributed by atoms with Crippen LogP contribution in [0.1, 0.15) is 12.0 Å². The highest BCUT2D eigenvalue weighted by Gasteiger charge is 2.09. The lowest BCUT2D eigenvalue weighted by molar-refractivity contribution is 0.870. The second-order valence-electron chi connectivity index (χ2n) is 3.89. The van der Waals surface area contributed by atoms with Crippen molar-refractivity contribution < 1.29 is 0 Å². The van der Waals surface area contributed by atoms with Crippen LogP contribution in [0, 0.1) is 10.8 Å². The smallest absolute Gasteiger partial charge is 0.258 e. The molecule has 0 amide bonds. The molecule has 0 radical (unpaired) electrons.